The molecule has 0 aliphatic carbocycles. The SMILES string of the molecule is O=c1ccc(-n2cccn2)nn1CCN1CCN(S(=O)(=O)N2CCCCCC2)CC1. The molecule has 10 nitrogen and oxygen atoms in total. The predicted octanol–water partition coefficient (Wildman–Crippen LogP) is 0.167. The summed E-state index contributed by atoms with van der Waals surface area (Å²) in [6.07, 6.45) is 7.54. The molecule has 2 aromatic heterocycles. The van der Waals surface area contributed by atoms with Crippen LogP contribution < -0.4 is 5.56 Å². The van der Waals surface area contributed by atoms with Crippen LogP contribution in [0.1, 0.15) is 25.7 Å². The number of rotatable bonds is 6. The zero-order valence-corrected chi connectivity index (χ0v) is 18.0. The summed E-state index contributed by atoms with van der Waals surface area (Å²) in [5.41, 5.74) is -0.159. The van der Waals surface area contributed by atoms with Gasteiger partial charge in [0.1, 0.15) is 0 Å². The molecule has 4 heterocycles. The van der Waals surface area contributed by atoms with Gasteiger partial charge in [0.25, 0.3) is 15.8 Å². The van der Waals surface area contributed by atoms with Crippen LogP contribution in [0.25, 0.3) is 5.82 Å². The third-order valence-electron chi connectivity index (χ3n) is 5.77. The van der Waals surface area contributed by atoms with Gasteiger partial charge >= 0.3 is 0 Å². The summed E-state index contributed by atoms with van der Waals surface area (Å²) >= 11 is 0. The van der Waals surface area contributed by atoms with E-state index >= 15 is 0 Å². The molecule has 2 saturated heterocycles. The summed E-state index contributed by atoms with van der Waals surface area (Å²) in [6, 6.07) is 4.95. The van der Waals surface area contributed by atoms with Crippen molar-refractivity contribution in [3.05, 3.63) is 40.9 Å². The van der Waals surface area contributed by atoms with Crippen molar-refractivity contribution < 1.29 is 8.42 Å². The summed E-state index contributed by atoms with van der Waals surface area (Å²) in [7, 11) is -3.37. The summed E-state index contributed by atoms with van der Waals surface area (Å²) in [4.78, 5) is 14.3. The van der Waals surface area contributed by atoms with Crippen molar-refractivity contribution in [2.45, 2.75) is 32.2 Å². The van der Waals surface area contributed by atoms with E-state index in [-0.39, 0.29) is 5.56 Å². The van der Waals surface area contributed by atoms with Gasteiger partial charge in [0, 0.05) is 64.3 Å². The molecule has 0 N–H and O–H groups in total. The largest absolute Gasteiger partial charge is 0.299 e. The number of aromatic nitrogens is 4. The molecule has 2 aliphatic heterocycles. The second-order valence-electron chi connectivity index (χ2n) is 7.77. The summed E-state index contributed by atoms with van der Waals surface area (Å²) in [5.74, 6) is 0.591. The Bertz CT molecular complexity index is 974. The van der Waals surface area contributed by atoms with Crippen molar-refractivity contribution in [1.82, 2.24) is 33.1 Å². The Morgan fingerprint density at radius 2 is 1.57 bits per heavy atom. The first kappa shape index (κ1) is 21.2. The van der Waals surface area contributed by atoms with Crippen LogP contribution in [0.2, 0.25) is 0 Å². The molecule has 0 unspecified atom stereocenters. The van der Waals surface area contributed by atoms with Gasteiger partial charge in [0.05, 0.1) is 6.54 Å². The molecule has 11 heteroatoms. The predicted molar refractivity (Wildman–Crippen MR) is 113 cm³/mol. The van der Waals surface area contributed by atoms with E-state index in [1.54, 1.807) is 37.8 Å². The quantitative estimate of drug-likeness (QED) is 0.642. The fraction of sp³-hybridized carbons (Fsp3) is 0.632. The van der Waals surface area contributed by atoms with E-state index in [9.17, 15) is 13.2 Å². The van der Waals surface area contributed by atoms with E-state index in [1.807, 2.05) is 0 Å². The van der Waals surface area contributed by atoms with Crippen molar-refractivity contribution in [3.63, 3.8) is 0 Å². The van der Waals surface area contributed by atoms with Gasteiger partial charge < -0.3 is 0 Å². The van der Waals surface area contributed by atoms with Crippen LogP contribution in [-0.4, -0.2) is 87.3 Å². The van der Waals surface area contributed by atoms with E-state index in [2.05, 4.69) is 15.1 Å². The Morgan fingerprint density at radius 1 is 0.867 bits per heavy atom. The smallest absolute Gasteiger partial charge is 0.282 e. The first-order valence-electron chi connectivity index (χ1n) is 10.6. The maximum absolute atomic E-state index is 12.9. The van der Waals surface area contributed by atoms with E-state index in [1.165, 1.54) is 10.7 Å². The Kier molecular flexibility index (Phi) is 6.61. The Labute approximate surface area is 176 Å². The molecular formula is C19H29N7O3S. The number of nitrogens with zero attached hydrogens (tertiary/aromatic N) is 7. The molecule has 0 aromatic carbocycles. The van der Waals surface area contributed by atoms with Crippen LogP contribution in [0.3, 0.4) is 0 Å². The van der Waals surface area contributed by atoms with Crippen molar-refractivity contribution in [1.29, 1.82) is 0 Å². The summed E-state index contributed by atoms with van der Waals surface area (Å²) in [6.45, 7) is 4.62. The lowest BCUT2D eigenvalue weighted by Crippen LogP contribution is -2.53. The Hall–Kier alpha value is -2.08. The number of hydrogen-bond donors (Lipinski definition) is 0. The van der Waals surface area contributed by atoms with Gasteiger partial charge in [-0.2, -0.15) is 22.1 Å². The summed E-state index contributed by atoms with van der Waals surface area (Å²) in [5, 5.41) is 8.53. The van der Waals surface area contributed by atoms with Crippen LogP contribution in [0.5, 0.6) is 0 Å². The zero-order chi connectivity index (χ0) is 21.0. The minimum absolute atomic E-state index is 0.159. The first-order valence-corrected chi connectivity index (χ1v) is 12.0. The number of hydrogen-bond acceptors (Lipinski definition) is 6. The van der Waals surface area contributed by atoms with Crippen molar-refractivity contribution >= 4 is 10.2 Å². The van der Waals surface area contributed by atoms with E-state index in [4.69, 9.17) is 0 Å². The lowest BCUT2D eigenvalue weighted by Gasteiger charge is -2.36. The average Bonchev–Trinajstić information content (AvgIpc) is 3.15. The average molecular weight is 436 g/mol. The fourth-order valence-corrected chi connectivity index (χ4v) is 5.65. The van der Waals surface area contributed by atoms with Crippen LogP contribution >= 0.6 is 0 Å². The lowest BCUT2D eigenvalue weighted by molar-refractivity contribution is 0.173. The molecule has 2 aliphatic rings. The molecule has 0 bridgehead atoms. The van der Waals surface area contributed by atoms with Crippen molar-refractivity contribution in [2.24, 2.45) is 0 Å². The topological polar surface area (TPSA) is 96.6 Å². The highest BCUT2D eigenvalue weighted by Crippen LogP contribution is 2.18. The maximum atomic E-state index is 12.9. The minimum Gasteiger partial charge on any atom is -0.299 e. The first-order chi connectivity index (χ1) is 14.5. The third kappa shape index (κ3) is 4.80. The molecule has 0 radical (unpaired) electrons. The molecular weight excluding hydrogens is 406 g/mol. The van der Waals surface area contributed by atoms with Gasteiger partial charge in [0.2, 0.25) is 0 Å². The fourth-order valence-electron chi connectivity index (χ4n) is 3.98. The van der Waals surface area contributed by atoms with Crippen LogP contribution in [0.15, 0.2) is 35.4 Å². The van der Waals surface area contributed by atoms with Gasteiger partial charge in [-0.25, -0.2) is 9.36 Å². The second-order valence-corrected chi connectivity index (χ2v) is 9.69. The molecule has 2 fully saturated rings. The highest BCUT2D eigenvalue weighted by atomic mass is 32.2. The molecule has 0 atom stereocenters. The monoisotopic (exact) mass is 435 g/mol. The Morgan fingerprint density at radius 3 is 2.23 bits per heavy atom. The van der Waals surface area contributed by atoms with Crippen LogP contribution in [0.4, 0.5) is 0 Å². The standard InChI is InChI=1S/C19H29N7O3S/c27-19-7-6-18(25-11-5-8-20-25)21-26(19)17-14-22-12-15-24(16-13-22)30(28,29)23-9-3-1-2-4-10-23/h5-8,11H,1-4,9-10,12-17H2. The number of piperazine rings is 1. The summed E-state index contributed by atoms with van der Waals surface area (Å²) < 4.78 is 32.2. The van der Waals surface area contributed by atoms with Gasteiger partial charge in [0.15, 0.2) is 5.82 Å². The van der Waals surface area contributed by atoms with Crippen LogP contribution in [0, 0.1) is 0 Å². The molecule has 164 valence electrons. The second kappa shape index (κ2) is 9.38. The highest BCUT2D eigenvalue weighted by molar-refractivity contribution is 7.86. The van der Waals surface area contributed by atoms with E-state index in [0.717, 1.165) is 25.7 Å². The molecule has 30 heavy (non-hydrogen) atoms. The van der Waals surface area contributed by atoms with Crippen molar-refractivity contribution in [3.8, 4) is 5.82 Å². The van der Waals surface area contributed by atoms with Crippen molar-refractivity contribution in [2.75, 3.05) is 45.8 Å². The molecule has 2 aromatic rings. The lowest BCUT2D eigenvalue weighted by atomic mass is 10.2. The zero-order valence-electron chi connectivity index (χ0n) is 17.1. The Balaban J connectivity index is 1.32. The normalized spacial score (nSPS) is 20.3. The molecule has 0 saturated carbocycles. The van der Waals surface area contributed by atoms with Gasteiger partial charge in [-0.15, -0.1) is 5.10 Å². The minimum atomic E-state index is -3.37. The van der Waals surface area contributed by atoms with Gasteiger partial charge in [-0.05, 0) is 25.0 Å². The maximum Gasteiger partial charge on any atom is 0.282 e. The molecule has 4 rings (SSSR count). The van der Waals surface area contributed by atoms with Crippen LogP contribution in [-0.2, 0) is 16.8 Å². The third-order valence-corrected chi connectivity index (χ3v) is 7.80. The van der Waals surface area contributed by atoms with E-state index in [0.29, 0.717) is 58.2 Å². The van der Waals surface area contributed by atoms with Gasteiger partial charge in [-0.1, -0.05) is 12.8 Å². The van der Waals surface area contributed by atoms with E-state index < -0.39 is 10.2 Å². The van der Waals surface area contributed by atoms with Gasteiger partial charge in [-0.3, -0.25) is 9.69 Å². The molecule has 0 amide bonds. The highest BCUT2D eigenvalue weighted by Gasteiger charge is 2.32. The molecule has 0 spiro atoms.